The molecule has 0 radical (unpaired) electrons. The Balaban J connectivity index is 2.14. The van der Waals surface area contributed by atoms with Gasteiger partial charge in [-0.1, -0.05) is 19.9 Å². The van der Waals surface area contributed by atoms with E-state index >= 15 is 0 Å². The normalized spacial score (nSPS) is 12.6. The molecule has 0 fully saturated rings. The fourth-order valence-electron chi connectivity index (χ4n) is 2.85. The zero-order chi connectivity index (χ0) is 18.8. The summed E-state index contributed by atoms with van der Waals surface area (Å²) in [6.07, 6.45) is 0. The quantitative estimate of drug-likeness (QED) is 0.659. The highest BCUT2D eigenvalue weighted by Crippen LogP contribution is 2.45. The second kappa shape index (κ2) is 7.07. The molecule has 1 amide bonds. The number of ether oxygens (including phenoxy) is 3. The van der Waals surface area contributed by atoms with Crippen LogP contribution in [0.3, 0.4) is 0 Å². The first kappa shape index (κ1) is 17.8. The number of benzene rings is 2. The molecule has 3 rings (SSSR count). The molecule has 2 aromatic rings. The first-order valence-corrected chi connectivity index (χ1v) is 8.34. The van der Waals surface area contributed by atoms with Crippen molar-refractivity contribution in [1.82, 2.24) is 5.32 Å². The van der Waals surface area contributed by atoms with Crippen molar-refractivity contribution < 1.29 is 23.8 Å². The fourth-order valence-corrected chi connectivity index (χ4v) is 2.85. The zero-order valence-electron chi connectivity index (χ0n) is 15.2. The van der Waals surface area contributed by atoms with Crippen LogP contribution >= 0.6 is 0 Å². The van der Waals surface area contributed by atoms with E-state index in [1.54, 1.807) is 26.0 Å². The SMILES string of the molecule is COc1ccc(-c2ccc3c(c2)CNC3=O)c(OC(=O)C(C)C)c1OC. The summed E-state index contributed by atoms with van der Waals surface area (Å²) in [4.78, 5) is 24.0. The molecule has 0 unspecified atom stereocenters. The van der Waals surface area contributed by atoms with Crippen LogP contribution in [0, 0.1) is 5.92 Å². The average molecular weight is 355 g/mol. The van der Waals surface area contributed by atoms with E-state index in [0.29, 0.717) is 34.9 Å². The fraction of sp³-hybridized carbons (Fsp3) is 0.300. The van der Waals surface area contributed by atoms with Crippen molar-refractivity contribution in [2.24, 2.45) is 5.92 Å². The molecule has 1 heterocycles. The number of carbonyl (C=O) groups is 2. The van der Waals surface area contributed by atoms with Crippen molar-refractivity contribution in [2.45, 2.75) is 20.4 Å². The van der Waals surface area contributed by atoms with Crippen LogP contribution in [0.25, 0.3) is 11.1 Å². The van der Waals surface area contributed by atoms with Gasteiger partial charge in [-0.05, 0) is 35.4 Å². The number of nitrogens with one attached hydrogen (secondary N) is 1. The lowest BCUT2D eigenvalue weighted by Crippen LogP contribution is -2.16. The van der Waals surface area contributed by atoms with E-state index in [1.165, 1.54) is 14.2 Å². The van der Waals surface area contributed by atoms with Crippen molar-refractivity contribution in [3.8, 4) is 28.4 Å². The predicted molar refractivity (Wildman–Crippen MR) is 96.6 cm³/mol. The van der Waals surface area contributed by atoms with Crippen LogP contribution in [-0.4, -0.2) is 26.1 Å². The average Bonchev–Trinajstić information content (AvgIpc) is 3.01. The highest BCUT2D eigenvalue weighted by Gasteiger charge is 2.24. The first-order valence-electron chi connectivity index (χ1n) is 8.34. The molecule has 1 aliphatic rings. The van der Waals surface area contributed by atoms with Crippen molar-refractivity contribution in [1.29, 1.82) is 0 Å². The van der Waals surface area contributed by atoms with Crippen molar-refractivity contribution in [3.05, 3.63) is 41.5 Å². The summed E-state index contributed by atoms with van der Waals surface area (Å²) in [5.74, 6) is 0.402. The van der Waals surface area contributed by atoms with Gasteiger partial charge in [-0.15, -0.1) is 0 Å². The minimum atomic E-state index is -0.365. The Hall–Kier alpha value is -3.02. The third-order valence-corrected chi connectivity index (χ3v) is 4.27. The number of methoxy groups -OCH3 is 2. The number of hydrogen-bond donors (Lipinski definition) is 1. The largest absolute Gasteiger partial charge is 0.493 e. The van der Waals surface area contributed by atoms with Gasteiger partial charge in [0.15, 0.2) is 11.5 Å². The predicted octanol–water partition coefficient (Wildman–Crippen LogP) is 3.18. The Morgan fingerprint density at radius 3 is 2.42 bits per heavy atom. The summed E-state index contributed by atoms with van der Waals surface area (Å²) in [6.45, 7) is 4.01. The molecule has 0 atom stereocenters. The Kier molecular flexibility index (Phi) is 4.84. The first-order chi connectivity index (χ1) is 12.5. The Bertz CT molecular complexity index is 873. The van der Waals surface area contributed by atoms with E-state index in [2.05, 4.69) is 5.32 Å². The molecule has 136 valence electrons. The van der Waals surface area contributed by atoms with Gasteiger partial charge in [0.05, 0.1) is 20.1 Å². The Morgan fingerprint density at radius 1 is 1.04 bits per heavy atom. The van der Waals surface area contributed by atoms with Crippen LogP contribution in [0.5, 0.6) is 17.2 Å². The van der Waals surface area contributed by atoms with Crippen LogP contribution in [-0.2, 0) is 11.3 Å². The molecule has 6 nitrogen and oxygen atoms in total. The van der Waals surface area contributed by atoms with Crippen molar-refractivity contribution in [3.63, 3.8) is 0 Å². The maximum absolute atomic E-state index is 12.2. The van der Waals surface area contributed by atoms with E-state index in [4.69, 9.17) is 14.2 Å². The second-order valence-corrected chi connectivity index (χ2v) is 6.31. The zero-order valence-corrected chi connectivity index (χ0v) is 15.2. The summed E-state index contributed by atoms with van der Waals surface area (Å²) in [6, 6.07) is 9.10. The highest BCUT2D eigenvalue weighted by molar-refractivity contribution is 5.99. The maximum Gasteiger partial charge on any atom is 0.313 e. The standard InChI is InChI=1S/C20H21NO5/c1-11(2)20(23)26-17-14(7-8-16(24-3)18(17)25-4)12-5-6-15-13(9-12)10-21-19(15)22/h5-9,11H,10H2,1-4H3,(H,21,22). The summed E-state index contributed by atoms with van der Waals surface area (Å²) >= 11 is 0. The van der Waals surface area contributed by atoms with E-state index in [9.17, 15) is 9.59 Å². The van der Waals surface area contributed by atoms with Crippen LogP contribution in [0.15, 0.2) is 30.3 Å². The Labute approximate surface area is 152 Å². The molecule has 0 saturated carbocycles. The van der Waals surface area contributed by atoms with E-state index < -0.39 is 0 Å². The van der Waals surface area contributed by atoms with Gasteiger partial charge in [-0.3, -0.25) is 9.59 Å². The monoisotopic (exact) mass is 355 g/mol. The van der Waals surface area contributed by atoms with Gasteiger partial charge < -0.3 is 19.5 Å². The third-order valence-electron chi connectivity index (χ3n) is 4.27. The van der Waals surface area contributed by atoms with Gasteiger partial charge in [0, 0.05) is 17.7 Å². The van der Waals surface area contributed by atoms with Gasteiger partial charge in [0.25, 0.3) is 5.91 Å². The summed E-state index contributed by atoms with van der Waals surface area (Å²) in [7, 11) is 3.03. The maximum atomic E-state index is 12.2. The number of carbonyl (C=O) groups excluding carboxylic acids is 2. The molecule has 26 heavy (non-hydrogen) atoms. The minimum absolute atomic E-state index is 0.0784. The molecule has 0 spiro atoms. The molecular formula is C20H21NO5. The van der Waals surface area contributed by atoms with Gasteiger partial charge in [0.2, 0.25) is 5.75 Å². The molecule has 1 N–H and O–H groups in total. The number of amides is 1. The minimum Gasteiger partial charge on any atom is -0.493 e. The summed E-state index contributed by atoms with van der Waals surface area (Å²) < 4.78 is 16.4. The topological polar surface area (TPSA) is 73.9 Å². The number of fused-ring (bicyclic) bond motifs is 1. The van der Waals surface area contributed by atoms with Gasteiger partial charge in [-0.2, -0.15) is 0 Å². The molecule has 2 aromatic carbocycles. The molecule has 0 saturated heterocycles. The van der Waals surface area contributed by atoms with Crippen LogP contribution < -0.4 is 19.5 Å². The van der Waals surface area contributed by atoms with Crippen LogP contribution in [0.2, 0.25) is 0 Å². The lowest BCUT2D eigenvalue weighted by atomic mass is 9.99. The summed E-state index contributed by atoms with van der Waals surface area (Å²) in [5, 5.41) is 2.80. The van der Waals surface area contributed by atoms with Gasteiger partial charge in [-0.25, -0.2) is 0 Å². The van der Waals surface area contributed by atoms with Crippen LogP contribution in [0.1, 0.15) is 29.8 Å². The molecule has 0 aromatic heterocycles. The lowest BCUT2D eigenvalue weighted by Gasteiger charge is -2.18. The van der Waals surface area contributed by atoms with E-state index in [-0.39, 0.29) is 17.8 Å². The van der Waals surface area contributed by atoms with Crippen LogP contribution in [0.4, 0.5) is 0 Å². The molecule has 6 heteroatoms. The van der Waals surface area contributed by atoms with E-state index in [0.717, 1.165) is 11.1 Å². The number of esters is 1. The number of rotatable bonds is 5. The summed E-state index contributed by atoms with van der Waals surface area (Å²) in [5.41, 5.74) is 3.09. The highest BCUT2D eigenvalue weighted by atomic mass is 16.6. The van der Waals surface area contributed by atoms with Gasteiger partial charge in [0.1, 0.15) is 0 Å². The third kappa shape index (κ3) is 3.10. The molecule has 0 bridgehead atoms. The molecule has 0 aliphatic carbocycles. The number of hydrogen-bond acceptors (Lipinski definition) is 5. The molecular weight excluding hydrogens is 334 g/mol. The van der Waals surface area contributed by atoms with Gasteiger partial charge >= 0.3 is 5.97 Å². The second-order valence-electron chi connectivity index (χ2n) is 6.31. The smallest absolute Gasteiger partial charge is 0.313 e. The van der Waals surface area contributed by atoms with Crippen molar-refractivity contribution >= 4 is 11.9 Å². The lowest BCUT2D eigenvalue weighted by molar-refractivity contribution is -0.137. The van der Waals surface area contributed by atoms with E-state index in [1.807, 2.05) is 18.2 Å². The Morgan fingerprint density at radius 2 is 1.77 bits per heavy atom. The molecule has 1 aliphatic heterocycles. The van der Waals surface area contributed by atoms with Crippen molar-refractivity contribution in [2.75, 3.05) is 14.2 Å².